The van der Waals surface area contributed by atoms with Gasteiger partial charge in [0, 0.05) is 27.1 Å². The van der Waals surface area contributed by atoms with Gasteiger partial charge in [-0.15, -0.1) is 0 Å². The van der Waals surface area contributed by atoms with Crippen LogP contribution in [0, 0.1) is 0 Å². The van der Waals surface area contributed by atoms with Crippen molar-refractivity contribution in [2.75, 3.05) is 13.1 Å². The van der Waals surface area contributed by atoms with Crippen LogP contribution in [-0.2, 0) is 11.3 Å². The summed E-state index contributed by atoms with van der Waals surface area (Å²) in [6.45, 7) is 1.48. The molecule has 0 saturated carbocycles. The minimum Gasteiger partial charge on any atom is -0.365 e. The maximum Gasteiger partial charge on any atom is 0.281 e. The van der Waals surface area contributed by atoms with Crippen LogP contribution in [-0.4, -0.2) is 35.2 Å². The summed E-state index contributed by atoms with van der Waals surface area (Å²) in [4.78, 5) is 19.0. The van der Waals surface area contributed by atoms with Crippen LogP contribution in [0.15, 0.2) is 52.3 Å². The number of nitrogens with one attached hydrogen (secondary N) is 1. The SMILES string of the molecule is O=c1cc(COC(C[N+]2=CN=CC2)c2ccc(Cl)cc2Cl)c2cccc(Cl)c2[nH]1. The van der Waals surface area contributed by atoms with Gasteiger partial charge in [0.05, 0.1) is 17.1 Å². The van der Waals surface area contributed by atoms with Crippen LogP contribution in [0.25, 0.3) is 10.9 Å². The van der Waals surface area contributed by atoms with Crippen LogP contribution in [0.3, 0.4) is 0 Å². The summed E-state index contributed by atoms with van der Waals surface area (Å²) in [5.74, 6) is 0. The number of H-pyrrole nitrogens is 1. The topological polar surface area (TPSA) is 57.5 Å². The Balaban J connectivity index is 1.66. The lowest BCUT2D eigenvalue weighted by atomic mass is 10.1. The second-order valence-corrected chi connectivity index (χ2v) is 7.94. The molecule has 1 aliphatic rings. The average Bonchev–Trinajstić information content (AvgIpc) is 3.19. The van der Waals surface area contributed by atoms with Gasteiger partial charge in [0.1, 0.15) is 19.2 Å². The van der Waals surface area contributed by atoms with E-state index in [2.05, 4.69) is 9.98 Å². The number of para-hydroxylation sites is 1. The van der Waals surface area contributed by atoms with Crippen molar-refractivity contribution >= 4 is 58.3 Å². The number of rotatable bonds is 6. The zero-order valence-electron chi connectivity index (χ0n) is 15.2. The molecular formula is C21H17Cl3N3O2+. The van der Waals surface area contributed by atoms with Crippen molar-refractivity contribution in [1.82, 2.24) is 4.98 Å². The van der Waals surface area contributed by atoms with E-state index in [0.29, 0.717) is 33.7 Å². The fourth-order valence-corrected chi connectivity index (χ4v) is 4.05. The zero-order valence-corrected chi connectivity index (χ0v) is 17.5. The van der Waals surface area contributed by atoms with Crippen LogP contribution < -0.4 is 5.56 Å². The van der Waals surface area contributed by atoms with Crippen molar-refractivity contribution in [1.29, 1.82) is 0 Å². The minimum atomic E-state index is -0.341. The summed E-state index contributed by atoms with van der Waals surface area (Å²) in [5.41, 5.74) is 1.95. The number of benzene rings is 2. The first-order valence-electron chi connectivity index (χ1n) is 8.97. The molecule has 1 N–H and O–H groups in total. The molecular weight excluding hydrogens is 433 g/mol. The van der Waals surface area contributed by atoms with E-state index >= 15 is 0 Å². The zero-order chi connectivity index (χ0) is 20.4. The van der Waals surface area contributed by atoms with E-state index in [1.807, 2.05) is 29.0 Å². The maximum absolute atomic E-state index is 12.1. The Bertz CT molecular complexity index is 1190. The monoisotopic (exact) mass is 448 g/mol. The summed E-state index contributed by atoms with van der Waals surface area (Å²) in [7, 11) is 0. The van der Waals surface area contributed by atoms with Crippen LogP contribution in [0.2, 0.25) is 15.1 Å². The fraction of sp³-hybridized carbons (Fsp3) is 0.190. The third-order valence-corrected chi connectivity index (χ3v) is 5.59. The van der Waals surface area contributed by atoms with Crippen LogP contribution in [0.1, 0.15) is 17.2 Å². The molecule has 0 radical (unpaired) electrons. The first-order valence-corrected chi connectivity index (χ1v) is 10.1. The van der Waals surface area contributed by atoms with Crippen LogP contribution in [0.4, 0.5) is 0 Å². The Labute approximate surface area is 182 Å². The van der Waals surface area contributed by atoms with E-state index < -0.39 is 0 Å². The Morgan fingerprint density at radius 1 is 1.14 bits per heavy atom. The van der Waals surface area contributed by atoms with Gasteiger partial charge in [-0.05, 0) is 23.8 Å². The van der Waals surface area contributed by atoms with E-state index in [4.69, 9.17) is 39.5 Å². The molecule has 0 aliphatic carbocycles. The van der Waals surface area contributed by atoms with E-state index in [9.17, 15) is 4.79 Å². The Morgan fingerprint density at radius 3 is 2.76 bits per heavy atom. The number of aliphatic imine (C=N–C) groups is 1. The van der Waals surface area contributed by atoms with Gasteiger partial charge in [-0.3, -0.25) is 9.37 Å². The molecule has 5 nitrogen and oxygen atoms in total. The summed E-state index contributed by atoms with van der Waals surface area (Å²) in [6.07, 6.45) is 3.25. The van der Waals surface area contributed by atoms with Crippen LogP contribution >= 0.6 is 34.8 Å². The van der Waals surface area contributed by atoms with Gasteiger partial charge in [-0.1, -0.05) is 58.0 Å². The number of hydrogen-bond acceptors (Lipinski definition) is 3. The number of ether oxygens (including phenoxy) is 1. The van der Waals surface area contributed by atoms with E-state index in [0.717, 1.165) is 16.5 Å². The van der Waals surface area contributed by atoms with E-state index in [1.165, 1.54) is 6.07 Å². The molecule has 4 rings (SSSR count). The van der Waals surface area contributed by atoms with Crippen LogP contribution in [0.5, 0.6) is 0 Å². The largest absolute Gasteiger partial charge is 0.365 e. The molecule has 0 saturated heterocycles. The molecule has 29 heavy (non-hydrogen) atoms. The van der Waals surface area contributed by atoms with Crippen molar-refractivity contribution in [2.24, 2.45) is 4.99 Å². The first-order chi connectivity index (χ1) is 14.0. The number of pyridine rings is 1. The Kier molecular flexibility index (Phi) is 6.01. The summed E-state index contributed by atoms with van der Waals surface area (Å²) < 4.78 is 8.29. The smallest absolute Gasteiger partial charge is 0.281 e. The Morgan fingerprint density at radius 2 is 2.00 bits per heavy atom. The average molecular weight is 450 g/mol. The molecule has 1 aliphatic heterocycles. The molecule has 8 heteroatoms. The van der Waals surface area contributed by atoms with Gasteiger partial charge in [-0.2, -0.15) is 0 Å². The number of fused-ring (bicyclic) bond motifs is 1. The van der Waals surface area contributed by atoms with E-state index in [-0.39, 0.29) is 18.3 Å². The molecule has 1 atom stereocenters. The first kappa shape index (κ1) is 20.1. The number of aromatic amines is 1. The molecule has 2 heterocycles. The highest BCUT2D eigenvalue weighted by Gasteiger charge is 2.22. The fourth-order valence-electron chi connectivity index (χ4n) is 3.30. The highest BCUT2D eigenvalue weighted by Crippen LogP contribution is 2.30. The quantitative estimate of drug-likeness (QED) is 0.546. The number of hydrogen-bond donors (Lipinski definition) is 1. The number of halogens is 3. The molecule has 0 amide bonds. The van der Waals surface area contributed by atoms with Gasteiger partial charge >= 0.3 is 0 Å². The van der Waals surface area contributed by atoms with Gasteiger partial charge in [0.15, 0.2) is 6.21 Å². The van der Waals surface area contributed by atoms with Gasteiger partial charge < -0.3 is 9.72 Å². The molecule has 0 fully saturated rings. The second-order valence-electron chi connectivity index (χ2n) is 6.69. The second kappa shape index (κ2) is 8.67. The van der Waals surface area contributed by atoms with Crippen molar-refractivity contribution < 1.29 is 9.31 Å². The molecule has 0 spiro atoms. The Hall–Kier alpha value is -2.18. The number of aromatic nitrogens is 1. The standard InChI is InChI=1S/C21H16Cl3N3O2/c22-14-4-5-16(18(24)9-14)19(10-27-7-6-25-12-27)29-11-13-8-20(28)26-21-15(13)2-1-3-17(21)23/h1-6,8-9,12,19H,7,10-11H2/p+1. The normalized spacial score (nSPS) is 14.4. The molecule has 1 unspecified atom stereocenters. The lowest BCUT2D eigenvalue weighted by Crippen LogP contribution is -2.22. The van der Waals surface area contributed by atoms with Crippen molar-refractivity contribution in [3.63, 3.8) is 0 Å². The highest BCUT2D eigenvalue weighted by molar-refractivity contribution is 6.35. The number of nitrogens with zero attached hydrogens (tertiary/aromatic N) is 2. The van der Waals surface area contributed by atoms with Gasteiger partial charge in [0.2, 0.25) is 5.56 Å². The molecule has 3 aromatic rings. The van der Waals surface area contributed by atoms with Crippen molar-refractivity contribution in [3.8, 4) is 0 Å². The molecule has 2 aromatic carbocycles. The van der Waals surface area contributed by atoms with Gasteiger partial charge in [0.25, 0.3) is 6.34 Å². The van der Waals surface area contributed by atoms with Crippen molar-refractivity contribution in [3.05, 3.63) is 79.0 Å². The lowest BCUT2D eigenvalue weighted by molar-refractivity contribution is -0.517. The predicted molar refractivity (Wildman–Crippen MR) is 118 cm³/mol. The lowest BCUT2D eigenvalue weighted by Gasteiger charge is -2.20. The maximum atomic E-state index is 12.1. The molecule has 0 bridgehead atoms. The third-order valence-electron chi connectivity index (χ3n) is 4.71. The van der Waals surface area contributed by atoms with Crippen molar-refractivity contribution in [2.45, 2.75) is 12.7 Å². The van der Waals surface area contributed by atoms with Gasteiger partial charge in [-0.25, -0.2) is 0 Å². The van der Waals surface area contributed by atoms with E-state index in [1.54, 1.807) is 24.5 Å². The highest BCUT2D eigenvalue weighted by atomic mass is 35.5. The molecule has 1 aromatic heterocycles. The molecule has 148 valence electrons. The summed E-state index contributed by atoms with van der Waals surface area (Å²) >= 11 is 18.7. The third kappa shape index (κ3) is 4.54. The minimum absolute atomic E-state index is 0.221. The summed E-state index contributed by atoms with van der Waals surface area (Å²) in [6, 6.07) is 12.4. The predicted octanol–water partition coefficient (Wildman–Crippen LogP) is 4.87. The summed E-state index contributed by atoms with van der Waals surface area (Å²) in [5, 5.41) is 2.42.